The number of amidine groups is 1. The number of ether oxygens (including phenoxy) is 1. The Labute approximate surface area is 190 Å². The molecule has 1 heterocycles. The highest BCUT2D eigenvalue weighted by Gasteiger charge is 2.33. The van der Waals surface area contributed by atoms with Crippen LogP contribution < -0.4 is 10.5 Å². The molecule has 1 amide bonds. The van der Waals surface area contributed by atoms with Gasteiger partial charge < -0.3 is 15.3 Å². The van der Waals surface area contributed by atoms with Gasteiger partial charge >= 0.3 is 0 Å². The number of hydrazone groups is 1. The van der Waals surface area contributed by atoms with Crippen molar-refractivity contribution in [2.45, 2.75) is 12.5 Å². The van der Waals surface area contributed by atoms with Crippen molar-refractivity contribution in [3.05, 3.63) is 101 Å². The van der Waals surface area contributed by atoms with E-state index in [1.54, 1.807) is 7.11 Å². The van der Waals surface area contributed by atoms with Crippen LogP contribution in [0.15, 0.2) is 89.1 Å². The zero-order chi connectivity index (χ0) is 23.2. The van der Waals surface area contributed by atoms with Gasteiger partial charge in [-0.2, -0.15) is 5.10 Å². The molecule has 0 saturated heterocycles. The molecule has 33 heavy (non-hydrogen) atoms. The van der Waals surface area contributed by atoms with Crippen LogP contribution in [0.2, 0.25) is 0 Å². The molecule has 4 rings (SSSR count). The van der Waals surface area contributed by atoms with Crippen LogP contribution in [-0.4, -0.2) is 36.2 Å². The molecule has 1 aliphatic rings. The van der Waals surface area contributed by atoms with Crippen molar-refractivity contribution in [1.82, 2.24) is 5.01 Å². The number of hydrogen-bond acceptors (Lipinski definition) is 5. The highest BCUT2D eigenvalue weighted by Crippen LogP contribution is 2.33. The predicted molar refractivity (Wildman–Crippen MR) is 123 cm³/mol. The zero-order valence-electron chi connectivity index (χ0n) is 18.0. The monoisotopic (exact) mass is 446 g/mol. The highest BCUT2D eigenvalue weighted by molar-refractivity contribution is 6.03. The molecule has 7 nitrogen and oxygen atoms in total. The number of carbonyl (C=O) groups excluding carboxylic acids is 1. The van der Waals surface area contributed by atoms with Crippen LogP contribution in [0.3, 0.4) is 0 Å². The minimum atomic E-state index is -0.381. The van der Waals surface area contributed by atoms with E-state index in [1.165, 1.54) is 29.3 Å². The van der Waals surface area contributed by atoms with E-state index in [0.29, 0.717) is 12.0 Å². The Kier molecular flexibility index (Phi) is 6.64. The molecule has 1 atom stereocenters. The van der Waals surface area contributed by atoms with Crippen LogP contribution in [-0.2, 0) is 9.63 Å². The molecule has 0 spiro atoms. The lowest BCUT2D eigenvalue weighted by Crippen LogP contribution is -2.30. The summed E-state index contributed by atoms with van der Waals surface area (Å²) in [6.07, 6.45) is 0.559. The van der Waals surface area contributed by atoms with Crippen LogP contribution >= 0.6 is 0 Å². The van der Waals surface area contributed by atoms with Crippen LogP contribution in [0, 0.1) is 5.82 Å². The van der Waals surface area contributed by atoms with E-state index in [0.717, 1.165) is 22.6 Å². The summed E-state index contributed by atoms with van der Waals surface area (Å²) in [6.45, 7) is -0.347. The van der Waals surface area contributed by atoms with Crippen molar-refractivity contribution in [2.75, 3.05) is 13.7 Å². The summed E-state index contributed by atoms with van der Waals surface area (Å²) in [5.41, 5.74) is 9.04. The maximum Gasteiger partial charge on any atom is 0.283 e. The highest BCUT2D eigenvalue weighted by atomic mass is 19.1. The van der Waals surface area contributed by atoms with Gasteiger partial charge in [-0.3, -0.25) is 4.79 Å². The molecule has 168 valence electrons. The Bertz CT molecular complexity index is 1160. The quantitative estimate of drug-likeness (QED) is 0.339. The number of methoxy groups -OCH3 is 1. The van der Waals surface area contributed by atoms with Gasteiger partial charge in [0.1, 0.15) is 11.6 Å². The molecule has 0 aliphatic carbocycles. The second kappa shape index (κ2) is 9.95. The van der Waals surface area contributed by atoms with Crippen LogP contribution in [0.5, 0.6) is 5.75 Å². The summed E-state index contributed by atoms with van der Waals surface area (Å²) in [4.78, 5) is 18.2. The Morgan fingerprint density at radius 2 is 1.79 bits per heavy atom. The fraction of sp³-hybridized carbons (Fsp3) is 0.160. The van der Waals surface area contributed by atoms with E-state index in [4.69, 9.17) is 15.3 Å². The van der Waals surface area contributed by atoms with E-state index in [9.17, 15) is 9.18 Å². The van der Waals surface area contributed by atoms with Gasteiger partial charge in [0.2, 0.25) is 0 Å². The molecule has 1 aliphatic heterocycles. The van der Waals surface area contributed by atoms with Crippen LogP contribution in [0.4, 0.5) is 4.39 Å². The van der Waals surface area contributed by atoms with E-state index >= 15 is 0 Å². The van der Waals surface area contributed by atoms with Gasteiger partial charge in [-0.05, 0) is 47.5 Å². The van der Waals surface area contributed by atoms with E-state index < -0.39 is 0 Å². The van der Waals surface area contributed by atoms with Crippen molar-refractivity contribution in [1.29, 1.82) is 0 Å². The summed E-state index contributed by atoms with van der Waals surface area (Å²) in [5.74, 6) is 0.0305. The van der Waals surface area contributed by atoms with Gasteiger partial charge in [0.15, 0.2) is 12.4 Å². The maximum absolute atomic E-state index is 13.1. The van der Waals surface area contributed by atoms with Crippen molar-refractivity contribution in [2.24, 2.45) is 16.0 Å². The van der Waals surface area contributed by atoms with Gasteiger partial charge in [-0.15, -0.1) is 0 Å². The molecule has 2 N–H and O–H groups in total. The average molecular weight is 446 g/mol. The summed E-state index contributed by atoms with van der Waals surface area (Å²) in [7, 11) is 1.60. The minimum absolute atomic E-state index is 0.0457. The van der Waals surface area contributed by atoms with Crippen molar-refractivity contribution in [3.63, 3.8) is 0 Å². The maximum atomic E-state index is 13.1. The molecule has 8 heteroatoms. The van der Waals surface area contributed by atoms with E-state index in [2.05, 4.69) is 10.3 Å². The second-order valence-electron chi connectivity index (χ2n) is 7.40. The van der Waals surface area contributed by atoms with Gasteiger partial charge in [-0.25, -0.2) is 9.40 Å². The lowest BCUT2D eigenvalue weighted by atomic mass is 9.98. The molecule has 3 aromatic rings. The van der Waals surface area contributed by atoms with Gasteiger partial charge in [-0.1, -0.05) is 47.6 Å². The average Bonchev–Trinajstić information content (AvgIpc) is 3.31. The first-order valence-electron chi connectivity index (χ1n) is 10.4. The lowest BCUT2D eigenvalue weighted by Gasteiger charge is -2.21. The number of amides is 1. The van der Waals surface area contributed by atoms with Crippen LogP contribution in [0.25, 0.3) is 0 Å². The third kappa shape index (κ3) is 5.17. The second-order valence-corrected chi connectivity index (χ2v) is 7.40. The molecule has 1 unspecified atom stereocenters. The molecular formula is C25H23FN4O3. The normalized spacial score (nSPS) is 15.8. The Morgan fingerprint density at radius 1 is 1.09 bits per heavy atom. The topological polar surface area (TPSA) is 89.5 Å². The fourth-order valence-corrected chi connectivity index (χ4v) is 3.53. The Balaban J connectivity index is 1.51. The van der Waals surface area contributed by atoms with Gasteiger partial charge in [0.05, 0.1) is 18.9 Å². The third-order valence-electron chi connectivity index (χ3n) is 5.26. The third-order valence-corrected chi connectivity index (χ3v) is 5.26. The molecule has 0 fully saturated rings. The van der Waals surface area contributed by atoms with Crippen molar-refractivity contribution in [3.8, 4) is 5.75 Å². The number of oxime groups is 1. The Morgan fingerprint density at radius 3 is 2.45 bits per heavy atom. The number of rotatable bonds is 7. The number of carbonyl (C=O) groups is 1. The van der Waals surface area contributed by atoms with Crippen molar-refractivity contribution < 1.29 is 18.8 Å². The molecule has 0 saturated carbocycles. The minimum Gasteiger partial charge on any atom is -0.497 e. The first-order valence-corrected chi connectivity index (χ1v) is 10.4. The SMILES string of the molecule is COc1ccc(C2CC(c3ccccc3)=NN2C(=O)CO/N=C(\N)c2ccc(F)cc2)cc1. The smallest absolute Gasteiger partial charge is 0.283 e. The van der Waals surface area contributed by atoms with Gasteiger partial charge in [0, 0.05) is 12.0 Å². The summed E-state index contributed by atoms with van der Waals surface area (Å²) in [6, 6.07) is 22.5. The molecule has 0 bridgehead atoms. The number of benzene rings is 3. The molecular weight excluding hydrogens is 423 g/mol. The van der Waals surface area contributed by atoms with E-state index in [-0.39, 0.29) is 30.2 Å². The van der Waals surface area contributed by atoms with Gasteiger partial charge in [0.25, 0.3) is 5.91 Å². The van der Waals surface area contributed by atoms with Crippen LogP contribution in [0.1, 0.15) is 29.2 Å². The van der Waals surface area contributed by atoms with Crippen molar-refractivity contribution >= 4 is 17.5 Å². The number of hydrogen-bond donors (Lipinski definition) is 1. The number of halogens is 1. The number of nitrogens with two attached hydrogens (primary N) is 1. The first-order chi connectivity index (χ1) is 16.0. The fourth-order valence-electron chi connectivity index (χ4n) is 3.53. The molecule has 3 aromatic carbocycles. The first kappa shape index (κ1) is 22.0. The Hall–Kier alpha value is -4.20. The predicted octanol–water partition coefficient (Wildman–Crippen LogP) is 3.85. The lowest BCUT2D eigenvalue weighted by molar-refractivity contribution is -0.138. The largest absolute Gasteiger partial charge is 0.497 e. The summed E-state index contributed by atoms with van der Waals surface area (Å²) >= 11 is 0. The zero-order valence-corrected chi connectivity index (χ0v) is 18.0. The molecule has 0 radical (unpaired) electrons. The summed E-state index contributed by atoms with van der Waals surface area (Å²) < 4.78 is 18.3. The number of nitrogens with zero attached hydrogens (tertiary/aromatic N) is 3. The molecule has 0 aromatic heterocycles. The standard InChI is InChI=1S/C25H23FN4O3/c1-32-21-13-9-18(10-14-21)23-15-22(17-5-3-2-4-6-17)28-30(23)24(31)16-33-29-25(27)19-7-11-20(26)12-8-19/h2-14,23H,15-16H2,1H3,(H2,27,29). The van der Waals surface area contributed by atoms with E-state index in [1.807, 2.05) is 54.6 Å². The summed E-state index contributed by atoms with van der Waals surface area (Å²) in [5, 5.41) is 9.81.